The molecule has 0 aliphatic heterocycles. The van der Waals surface area contributed by atoms with Crippen molar-refractivity contribution in [1.82, 2.24) is 0 Å². The van der Waals surface area contributed by atoms with Crippen LogP contribution in [0.5, 0.6) is 11.5 Å². The Balaban J connectivity index is 2.02. The molecule has 0 fully saturated rings. The third-order valence-corrected chi connectivity index (χ3v) is 2.75. The Morgan fingerprint density at radius 2 is 1.16 bits per heavy atom. The maximum atomic E-state index is 10.9. The summed E-state index contributed by atoms with van der Waals surface area (Å²) in [6.45, 7) is 0. The monoisotopic (exact) mass is 296 g/mol. The van der Waals surface area contributed by atoms with Gasteiger partial charge in [0.05, 0.1) is 0 Å². The molecule has 0 spiro atoms. The highest BCUT2D eigenvalue weighted by atomic mass is 35.5. The van der Waals surface area contributed by atoms with Gasteiger partial charge in [0.2, 0.25) is 6.29 Å². The average molecular weight is 297 g/mol. The van der Waals surface area contributed by atoms with Gasteiger partial charge < -0.3 is 9.47 Å². The summed E-state index contributed by atoms with van der Waals surface area (Å²) in [4.78, 5) is 10.9. The van der Waals surface area contributed by atoms with E-state index in [4.69, 9.17) is 32.7 Å². The molecule has 0 aliphatic carbocycles. The summed E-state index contributed by atoms with van der Waals surface area (Å²) < 4.78 is 10.7. The summed E-state index contributed by atoms with van der Waals surface area (Å²) in [5.74, 6) is 0.992. The molecule has 0 radical (unpaired) electrons. The number of halogens is 2. The van der Waals surface area contributed by atoms with Crippen molar-refractivity contribution in [3.8, 4) is 11.5 Å². The summed E-state index contributed by atoms with van der Waals surface area (Å²) in [6, 6.07) is 13.3. The van der Waals surface area contributed by atoms with Crippen LogP contribution >= 0.6 is 23.2 Å². The van der Waals surface area contributed by atoms with E-state index in [-0.39, 0.29) is 0 Å². The lowest BCUT2D eigenvalue weighted by Crippen LogP contribution is -2.25. The van der Waals surface area contributed by atoms with Gasteiger partial charge in [-0.2, -0.15) is 0 Å². The molecule has 2 rings (SSSR count). The van der Waals surface area contributed by atoms with Crippen LogP contribution in [0.15, 0.2) is 48.5 Å². The quantitative estimate of drug-likeness (QED) is 0.618. The molecule has 0 atom stereocenters. The maximum Gasteiger partial charge on any atom is 0.297 e. The zero-order chi connectivity index (χ0) is 13.7. The summed E-state index contributed by atoms with van der Waals surface area (Å²) in [7, 11) is 0. The van der Waals surface area contributed by atoms with E-state index in [1.807, 2.05) is 0 Å². The fourth-order valence-electron chi connectivity index (χ4n) is 1.37. The van der Waals surface area contributed by atoms with Gasteiger partial charge in [0.25, 0.3) is 6.29 Å². The van der Waals surface area contributed by atoms with E-state index in [2.05, 4.69) is 0 Å². The Kier molecular flexibility index (Phi) is 4.66. The van der Waals surface area contributed by atoms with Crippen molar-refractivity contribution in [3.05, 3.63) is 58.6 Å². The molecule has 0 saturated carbocycles. The van der Waals surface area contributed by atoms with E-state index in [1.54, 1.807) is 48.5 Å². The first-order chi connectivity index (χ1) is 9.17. The minimum absolute atomic E-state index is 0.496. The van der Waals surface area contributed by atoms with Crippen molar-refractivity contribution in [1.29, 1.82) is 0 Å². The van der Waals surface area contributed by atoms with Crippen LogP contribution in [0, 0.1) is 0 Å². The molecule has 0 heterocycles. The highest BCUT2D eigenvalue weighted by Gasteiger charge is 2.10. The predicted octanol–water partition coefficient (Wildman–Crippen LogP) is 3.98. The van der Waals surface area contributed by atoms with Gasteiger partial charge in [-0.15, -0.1) is 0 Å². The number of benzene rings is 2. The molecule has 0 bridgehead atoms. The van der Waals surface area contributed by atoms with Gasteiger partial charge in [-0.05, 0) is 48.5 Å². The molecular weight excluding hydrogens is 287 g/mol. The van der Waals surface area contributed by atoms with Gasteiger partial charge >= 0.3 is 0 Å². The average Bonchev–Trinajstić information content (AvgIpc) is 2.43. The summed E-state index contributed by atoms with van der Waals surface area (Å²) in [5.41, 5.74) is 0. The van der Waals surface area contributed by atoms with Crippen molar-refractivity contribution in [2.24, 2.45) is 0 Å². The van der Waals surface area contributed by atoms with Crippen LogP contribution in [0.1, 0.15) is 0 Å². The third kappa shape index (κ3) is 4.16. The predicted molar refractivity (Wildman–Crippen MR) is 74.0 cm³/mol. The smallest absolute Gasteiger partial charge is 0.297 e. The number of carbonyl (C=O) groups excluding carboxylic acids is 1. The second kappa shape index (κ2) is 6.45. The maximum absolute atomic E-state index is 10.9. The molecule has 3 nitrogen and oxygen atoms in total. The molecule has 98 valence electrons. The second-order valence-electron chi connectivity index (χ2n) is 3.65. The fraction of sp³-hybridized carbons (Fsp3) is 0.0714. The van der Waals surface area contributed by atoms with E-state index in [1.165, 1.54) is 0 Å². The van der Waals surface area contributed by atoms with Crippen molar-refractivity contribution >= 4 is 29.5 Å². The highest BCUT2D eigenvalue weighted by Crippen LogP contribution is 2.19. The van der Waals surface area contributed by atoms with Crippen molar-refractivity contribution in [3.63, 3.8) is 0 Å². The second-order valence-corrected chi connectivity index (χ2v) is 4.52. The molecule has 5 heteroatoms. The first-order valence-corrected chi connectivity index (χ1v) is 6.23. The molecule has 2 aromatic rings. The lowest BCUT2D eigenvalue weighted by Gasteiger charge is -2.15. The van der Waals surface area contributed by atoms with E-state index in [0.717, 1.165) is 0 Å². The Labute approximate surface area is 120 Å². The van der Waals surface area contributed by atoms with Crippen LogP contribution in [0.3, 0.4) is 0 Å². The topological polar surface area (TPSA) is 35.5 Å². The number of ether oxygens (including phenoxy) is 2. The van der Waals surface area contributed by atoms with Crippen LogP contribution in [0.4, 0.5) is 0 Å². The Morgan fingerprint density at radius 1 is 0.789 bits per heavy atom. The lowest BCUT2D eigenvalue weighted by molar-refractivity contribution is -0.124. The number of hydrogen-bond acceptors (Lipinski definition) is 3. The molecule has 2 aromatic carbocycles. The van der Waals surface area contributed by atoms with E-state index in [0.29, 0.717) is 27.8 Å². The zero-order valence-corrected chi connectivity index (χ0v) is 11.3. The zero-order valence-electron chi connectivity index (χ0n) is 9.75. The fourth-order valence-corrected chi connectivity index (χ4v) is 1.63. The van der Waals surface area contributed by atoms with Crippen LogP contribution in [-0.2, 0) is 4.79 Å². The van der Waals surface area contributed by atoms with Crippen LogP contribution in [-0.4, -0.2) is 12.6 Å². The SMILES string of the molecule is O=CC(Oc1ccc(Cl)cc1)Oc1ccc(Cl)cc1. The van der Waals surface area contributed by atoms with Crippen molar-refractivity contribution < 1.29 is 14.3 Å². The Morgan fingerprint density at radius 3 is 1.47 bits per heavy atom. The molecule has 0 amide bonds. The summed E-state index contributed by atoms with van der Waals surface area (Å²) >= 11 is 11.5. The van der Waals surface area contributed by atoms with Gasteiger partial charge in [0, 0.05) is 10.0 Å². The number of rotatable bonds is 5. The normalized spacial score (nSPS) is 10.3. The summed E-state index contributed by atoms with van der Waals surface area (Å²) in [5, 5.41) is 1.18. The Hall–Kier alpha value is -1.71. The van der Waals surface area contributed by atoms with Gasteiger partial charge in [0.1, 0.15) is 11.5 Å². The third-order valence-electron chi connectivity index (χ3n) is 2.24. The van der Waals surface area contributed by atoms with Crippen molar-refractivity contribution in [2.45, 2.75) is 6.29 Å². The largest absolute Gasteiger partial charge is 0.448 e. The minimum atomic E-state index is -1.03. The van der Waals surface area contributed by atoms with Gasteiger partial charge in [-0.25, -0.2) is 0 Å². The van der Waals surface area contributed by atoms with Crippen molar-refractivity contribution in [2.75, 3.05) is 0 Å². The molecule has 0 unspecified atom stereocenters. The van der Waals surface area contributed by atoms with Crippen LogP contribution in [0.2, 0.25) is 10.0 Å². The van der Waals surface area contributed by atoms with Gasteiger partial charge in [0.15, 0.2) is 0 Å². The van der Waals surface area contributed by atoms with Gasteiger partial charge in [-0.3, -0.25) is 4.79 Å². The molecule has 0 aliphatic rings. The molecule has 0 aromatic heterocycles. The highest BCUT2D eigenvalue weighted by molar-refractivity contribution is 6.30. The lowest BCUT2D eigenvalue weighted by atomic mass is 10.3. The van der Waals surface area contributed by atoms with Gasteiger partial charge in [-0.1, -0.05) is 23.2 Å². The van der Waals surface area contributed by atoms with Crippen LogP contribution in [0.25, 0.3) is 0 Å². The number of aldehydes is 1. The molecule has 19 heavy (non-hydrogen) atoms. The summed E-state index contributed by atoms with van der Waals surface area (Å²) in [6.07, 6.45) is -0.453. The number of hydrogen-bond donors (Lipinski definition) is 0. The molecule has 0 saturated heterocycles. The molecular formula is C14H10Cl2O3. The number of carbonyl (C=O) groups is 1. The van der Waals surface area contributed by atoms with Crippen LogP contribution < -0.4 is 9.47 Å². The van der Waals surface area contributed by atoms with E-state index < -0.39 is 6.29 Å². The first kappa shape index (κ1) is 13.7. The Bertz CT molecular complexity index is 490. The van der Waals surface area contributed by atoms with E-state index in [9.17, 15) is 4.79 Å². The minimum Gasteiger partial charge on any atom is -0.448 e. The molecule has 0 N–H and O–H groups in total. The first-order valence-electron chi connectivity index (χ1n) is 5.47. The van der Waals surface area contributed by atoms with E-state index >= 15 is 0 Å². The standard InChI is InChI=1S/C14H10Cl2O3/c15-10-1-5-12(6-2-10)18-14(9-17)19-13-7-3-11(16)4-8-13/h1-9,14H.